The highest BCUT2D eigenvalue weighted by Gasteiger charge is 2.51. The van der Waals surface area contributed by atoms with Crippen LogP contribution in [0.3, 0.4) is 0 Å². The van der Waals surface area contributed by atoms with Gasteiger partial charge in [0.1, 0.15) is 0 Å². The predicted molar refractivity (Wildman–Crippen MR) is 68.4 cm³/mol. The van der Waals surface area contributed by atoms with Gasteiger partial charge in [-0.2, -0.15) is 0 Å². The molecule has 1 fully saturated rings. The normalized spacial score (nSPS) is 16.4. The standard InChI is InChI=1S/C13H16ClNO2/c1-15(11-5-3-10(14)4-6-11)9-13(7-8-13)12(16)17-2/h3-6H,7-9H2,1-2H3. The summed E-state index contributed by atoms with van der Waals surface area (Å²) in [6.45, 7) is 0.696. The van der Waals surface area contributed by atoms with E-state index in [1.165, 1.54) is 7.11 Å². The molecule has 1 aliphatic carbocycles. The van der Waals surface area contributed by atoms with Gasteiger partial charge in [-0.05, 0) is 37.1 Å². The van der Waals surface area contributed by atoms with Crippen LogP contribution in [0, 0.1) is 5.41 Å². The summed E-state index contributed by atoms with van der Waals surface area (Å²) in [4.78, 5) is 13.7. The van der Waals surface area contributed by atoms with Gasteiger partial charge in [0.25, 0.3) is 0 Å². The summed E-state index contributed by atoms with van der Waals surface area (Å²) in [5, 5.41) is 0.719. The highest BCUT2D eigenvalue weighted by atomic mass is 35.5. The molecular formula is C13H16ClNO2. The number of methoxy groups -OCH3 is 1. The Morgan fingerprint density at radius 2 is 2.00 bits per heavy atom. The van der Waals surface area contributed by atoms with Crippen LogP contribution in [0.4, 0.5) is 5.69 Å². The minimum atomic E-state index is -0.289. The smallest absolute Gasteiger partial charge is 0.313 e. The van der Waals surface area contributed by atoms with Crippen LogP contribution in [0.25, 0.3) is 0 Å². The van der Waals surface area contributed by atoms with Gasteiger partial charge in [0.15, 0.2) is 0 Å². The van der Waals surface area contributed by atoms with Gasteiger partial charge in [0.2, 0.25) is 0 Å². The molecule has 0 atom stereocenters. The van der Waals surface area contributed by atoms with Gasteiger partial charge in [0.05, 0.1) is 12.5 Å². The van der Waals surface area contributed by atoms with E-state index in [0.717, 1.165) is 23.6 Å². The second kappa shape index (κ2) is 4.57. The first-order valence-corrected chi connectivity index (χ1v) is 6.00. The highest BCUT2D eigenvalue weighted by molar-refractivity contribution is 6.30. The summed E-state index contributed by atoms with van der Waals surface area (Å²) in [7, 11) is 3.43. The van der Waals surface area contributed by atoms with Gasteiger partial charge in [-0.15, -0.1) is 0 Å². The molecule has 0 heterocycles. The molecule has 0 amide bonds. The van der Waals surface area contributed by atoms with Crippen molar-refractivity contribution < 1.29 is 9.53 Å². The summed E-state index contributed by atoms with van der Waals surface area (Å²) in [5.74, 6) is -0.0988. The number of ether oxygens (including phenoxy) is 1. The number of rotatable bonds is 4. The first-order chi connectivity index (χ1) is 8.07. The van der Waals surface area contributed by atoms with Crippen molar-refractivity contribution in [2.24, 2.45) is 5.41 Å². The zero-order valence-electron chi connectivity index (χ0n) is 10.1. The molecule has 0 bridgehead atoms. The van der Waals surface area contributed by atoms with Crippen LogP contribution in [0.2, 0.25) is 5.02 Å². The summed E-state index contributed by atoms with van der Waals surface area (Å²) < 4.78 is 4.85. The van der Waals surface area contributed by atoms with E-state index >= 15 is 0 Å². The van der Waals surface area contributed by atoms with E-state index in [9.17, 15) is 4.79 Å². The van der Waals surface area contributed by atoms with Crippen molar-refractivity contribution in [1.29, 1.82) is 0 Å². The van der Waals surface area contributed by atoms with Crippen molar-refractivity contribution in [3.8, 4) is 0 Å². The number of carbonyl (C=O) groups is 1. The molecule has 1 aromatic carbocycles. The fourth-order valence-electron chi connectivity index (χ4n) is 2.04. The van der Waals surface area contributed by atoms with E-state index in [1.54, 1.807) is 0 Å². The van der Waals surface area contributed by atoms with Crippen LogP contribution in [-0.2, 0) is 9.53 Å². The maximum absolute atomic E-state index is 11.6. The Hall–Kier alpha value is -1.22. The number of benzene rings is 1. The summed E-state index contributed by atoms with van der Waals surface area (Å²) in [6, 6.07) is 7.61. The zero-order valence-corrected chi connectivity index (χ0v) is 10.8. The van der Waals surface area contributed by atoms with E-state index in [4.69, 9.17) is 16.3 Å². The van der Waals surface area contributed by atoms with E-state index in [1.807, 2.05) is 31.3 Å². The van der Waals surface area contributed by atoms with Crippen LogP contribution < -0.4 is 4.90 Å². The molecule has 0 aromatic heterocycles. The van der Waals surface area contributed by atoms with Gasteiger partial charge < -0.3 is 9.64 Å². The lowest BCUT2D eigenvalue weighted by atomic mass is 10.1. The predicted octanol–water partition coefficient (Wildman–Crippen LogP) is 2.73. The minimum Gasteiger partial charge on any atom is -0.469 e. The Kier molecular flexibility index (Phi) is 3.29. The van der Waals surface area contributed by atoms with Crippen LogP contribution in [-0.4, -0.2) is 26.7 Å². The molecule has 0 saturated heterocycles. The molecule has 0 unspecified atom stereocenters. The van der Waals surface area contributed by atoms with E-state index in [-0.39, 0.29) is 11.4 Å². The molecule has 0 spiro atoms. The lowest BCUT2D eigenvalue weighted by Crippen LogP contribution is -2.32. The van der Waals surface area contributed by atoms with Crippen molar-refractivity contribution >= 4 is 23.3 Å². The third kappa shape index (κ3) is 2.55. The Morgan fingerprint density at radius 1 is 1.41 bits per heavy atom. The average Bonchev–Trinajstić information content (AvgIpc) is 3.09. The van der Waals surface area contributed by atoms with Crippen molar-refractivity contribution in [3.05, 3.63) is 29.3 Å². The maximum atomic E-state index is 11.6. The molecule has 0 radical (unpaired) electrons. The van der Waals surface area contributed by atoms with Gasteiger partial charge >= 0.3 is 5.97 Å². The van der Waals surface area contributed by atoms with Crippen LogP contribution >= 0.6 is 11.6 Å². The van der Waals surface area contributed by atoms with Gasteiger partial charge in [-0.1, -0.05) is 11.6 Å². The highest BCUT2D eigenvalue weighted by Crippen LogP contribution is 2.47. The molecule has 4 heteroatoms. The van der Waals surface area contributed by atoms with Crippen LogP contribution in [0.15, 0.2) is 24.3 Å². The minimum absolute atomic E-state index is 0.0988. The SMILES string of the molecule is COC(=O)C1(CN(C)c2ccc(Cl)cc2)CC1. The quantitative estimate of drug-likeness (QED) is 0.773. The number of esters is 1. The summed E-state index contributed by atoms with van der Waals surface area (Å²) >= 11 is 5.84. The average molecular weight is 254 g/mol. The Morgan fingerprint density at radius 3 is 2.47 bits per heavy atom. The van der Waals surface area contributed by atoms with E-state index in [2.05, 4.69) is 4.90 Å². The molecule has 3 nitrogen and oxygen atoms in total. The maximum Gasteiger partial charge on any atom is 0.313 e. The van der Waals surface area contributed by atoms with Gasteiger partial charge in [-0.25, -0.2) is 0 Å². The number of halogens is 1. The third-order valence-electron chi connectivity index (χ3n) is 3.28. The molecule has 1 saturated carbocycles. The Labute approximate surface area is 106 Å². The van der Waals surface area contributed by atoms with Crippen molar-refractivity contribution in [2.75, 3.05) is 25.6 Å². The molecule has 0 aliphatic heterocycles. The number of hydrogen-bond donors (Lipinski definition) is 0. The molecule has 17 heavy (non-hydrogen) atoms. The molecule has 2 rings (SSSR count). The monoisotopic (exact) mass is 253 g/mol. The Bertz CT molecular complexity index is 412. The number of carbonyl (C=O) groups excluding carboxylic acids is 1. The Balaban J connectivity index is 2.04. The second-order valence-electron chi connectivity index (χ2n) is 4.60. The van der Waals surface area contributed by atoms with E-state index < -0.39 is 0 Å². The lowest BCUT2D eigenvalue weighted by molar-refractivity contribution is -0.146. The van der Waals surface area contributed by atoms with Crippen molar-refractivity contribution in [2.45, 2.75) is 12.8 Å². The largest absolute Gasteiger partial charge is 0.469 e. The summed E-state index contributed by atoms with van der Waals surface area (Å²) in [5.41, 5.74) is 0.771. The molecule has 0 N–H and O–H groups in total. The van der Waals surface area contributed by atoms with Crippen LogP contribution in [0.1, 0.15) is 12.8 Å². The topological polar surface area (TPSA) is 29.5 Å². The molecule has 1 aromatic rings. The van der Waals surface area contributed by atoms with Gasteiger partial charge in [-0.3, -0.25) is 4.79 Å². The molecule has 1 aliphatic rings. The lowest BCUT2D eigenvalue weighted by Gasteiger charge is -2.24. The molecule has 92 valence electrons. The number of hydrogen-bond acceptors (Lipinski definition) is 3. The number of anilines is 1. The fraction of sp³-hybridized carbons (Fsp3) is 0.462. The van der Waals surface area contributed by atoms with Crippen molar-refractivity contribution in [3.63, 3.8) is 0 Å². The third-order valence-corrected chi connectivity index (χ3v) is 3.53. The number of nitrogens with zero attached hydrogens (tertiary/aromatic N) is 1. The van der Waals surface area contributed by atoms with Gasteiger partial charge in [0, 0.05) is 24.3 Å². The first kappa shape index (κ1) is 12.2. The van der Waals surface area contributed by atoms with E-state index in [0.29, 0.717) is 6.54 Å². The summed E-state index contributed by atoms with van der Waals surface area (Å²) in [6.07, 6.45) is 1.83. The first-order valence-electron chi connectivity index (χ1n) is 5.62. The zero-order chi connectivity index (χ0) is 12.5. The fourth-order valence-corrected chi connectivity index (χ4v) is 2.16. The second-order valence-corrected chi connectivity index (χ2v) is 5.04. The van der Waals surface area contributed by atoms with Crippen molar-refractivity contribution in [1.82, 2.24) is 0 Å². The van der Waals surface area contributed by atoms with Crippen LogP contribution in [0.5, 0.6) is 0 Å². The molecular weight excluding hydrogens is 238 g/mol.